The SMILES string of the molecule is CC(C)(C)OC(=O)c1ccc(C(=O)N2CCCCC2)cc1[N+](=O)[O-]. The molecule has 0 radical (unpaired) electrons. The van der Waals surface area contributed by atoms with Gasteiger partial charge in [-0.25, -0.2) is 4.79 Å². The van der Waals surface area contributed by atoms with Gasteiger partial charge >= 0.3 is 5.97 Å². The monoisotopic (exact) mass is 334 g/mol. The Morgan fingerprint density at radius 1 is 1.17 bits per heavy atom. The average molecular weight is 334 g/mol. The van der Waals surface area contributed by atoms with Gasteiger partial charge in [-0.15, -0.1) is 0 Å². The Labute approximate surface area is 140 Å². The van der Waals surface area contributed by atoms with E-state index in [0.717, 1.165) is 25.3 Å². The highest BCUT2D eigenvalue weighted by Crippen LogP contribution is 2.24. The van der Waals surface area contributed by atoms with Gasteiger partial charge in [-0.1, -0.05) is 0 Å². The average Bonchev–Trinajstić information content (AvgIpc) is 2.52. The quantitative estimate of drug-likeness (QED) is 0.481. The van der Waals surface area contributed by atoms with E-state index >= 15 is 0 Å². The van der Waals surface area contributed by atoms with Crippen LogP contribution in [0.3, 0.4) is 0 Å². The van der Waals surface area contributed by atoms with Crippen molar-refractivity contribution in [3.63, 3.8) is 0 Å². The predicted molar refractivity (Wildman–Crippen MR) is 88.0 cm³/mol. The van der Waals surface area contributed by atoms with Crippen molar-refractivity contribution in [1.29, 1.82) is 0 Å². The second-order valence-electron chi connectivity index (χ2n) is 6.84. The fourth-order valence-corrected chi connectivity index (χ4v) is 2.60. The second kappa shape index (κ2) is 6.98. The van der Waals surface area contributed by atoms with Gasteiger partial charge in [0.2, 0.25) is 0 Å². The summed E-state index contributed by atoms with van der Waals surface area (Å²) in [5, 5.41) is 11.3. The Bertz CT molecular complexity index is 657. The number of esters is 1. The molecule has 1 saturated heterocycles. The van der Waals surface area contributed by atoms with E-state index in [0.29, 0.717) is 13.1 Å². The molecular weight excluding hydrogens is 312 g/mol. The van der Waals surface area contributed by atoms with Gasteiger partial charge in [0, 0.05) is 24.7 Å². The third kappa shape index (κ3) is 4.31. The van der Waals surface area contributed by atoms with E-state index in [4.69, 9.17) is 4.74 Å². The first-order valence-corrected chi connectivity index (χ1v) is 8.00. The highest BCUT2D eigenvalue weighted by atomic mass is 16.6. The van der Waals surface area contributed by atoms with Gasteiger partial charge in [0.05, 0.1) is 4.92 Å². The van der Waals surface area contributed by atoms with Gasteiger partial charge in [-0.3, -0.25) is 14.9 Å². The zero-order chi connectivity index (χ0) is 17.9. The fourth-order valence-electron chi connectivity index (χ4n) is 2.60. The van der Waals surface area contributed by atoms with Crippen LogP contribution >= 0.6 is 0 Å². The lowest BCUT2D eigenvalue weighted by molar-refractivity contribution is -0.385. The number of nitro groups is 1. The van der Waals surface area contributed by atoms with Gasteiger partial charge in [0.15, 0.2) is 0 Å². The highest BCUT2D eigenvalue weighted by Gasteiger charge is 2.28. The Balaban J connectivity index is 2.31. The Hall–Kier alpha value is -2.44. The van der Waals surface area contributed by atoms with E-state index in [1.807, 2.05) is 0 Å². The van der Waals surface area contributed by atoms with Crippen molar-refractivity contribution < 1.29 is 19.2 Å². The van der Waals surface area contributed by atoms with Crippen LogP contribution < -0.4 is 0 Å². The summed E-state index contributed by atoms with van der Waals surface area (Å²) in [4.78, 5) is 37.0. The number of nitro benzene ring substituents is 1. The fraction of sp³-hybridized carbons (Fsp3) is 0.529. The van der Waals surface area contributed by atoms with Crippen molar-refractivity contribution in [1.82, 2.24) is 4.90 Å². The molecule has 1 amide bonds. The third-order valence-corrected chi connectivity index (χ3v) is 3.70. The Morgan fingerprint density at radius 3 is 2.33 bits per heavy atom. The van der Waals surface area contributed by atoms with E-state index in [9.17, 15) is 19.7 Å². The summed E-state index contributed by atoms with van der Waals surface area (Å²) in [6, 6.07) is 3.91. The van der Waals surface area contributed by atoms with Gasteiger partial charge < -0.3 is 9.64 Å². The summed E-state index contributed by atoms with van der Waals surface area (Å²) in [7, 11) is 0. The van der Waals surface area contributed by atoms with Crippen LogP contribution in [0.4, 0.5) is 5.69 Å². The number of benzene rings is 1. The molecule has 0 N–H and O–H groups in total. The minimum absolute atomic E-state index is 0.148. The summed E-state index contributed by atoms with van der Waals surface area (Å²) in [5.41, 5.74) is -1.10. The van der Waals surface area contributed by atoms with Crippen LogP contribution in [0.2, 0.25) is 0 Å². The maximum atomic E-state index is 12.5. The van der Waals surface area contributed by atoms with Crippen molar-refractivity contribution in [2.24, 2.45) is 0 Å². The first kappa shape index (κ1) is 17.9. The van der Waals surface area contributed by atoms with E-state index in [2.05, 4.69) is 0 Å². The standard InChI is InChI=1S/C17H22N2O5/c1-17(2,3)24-16(21)13-8-7-12(11-14(13)19(22)23)15(20)18-9-5-4-6-10-18/h7-8,11H,4-6,9-10H2,1-3H3. The number of rotatable bonds is 3. The summed E-state index contributed by atoms with van der Waals surface area (Å²) in [6.07, 6.45) is 2.95. The van der Waals surface area contributed by atoms with Crippen LogP contribution in [0.5, 0.6) is 0 Å². The summed E-state index contributed by atoms with van der Waals surface area (Å²) < 4.78 is 5.19. The Kier molecular flexibility index (Phi) is 5.21. The minimum atomic E-state index is -0.772. The largest absolute Gasteiger partial charge is 0.456 e. The summed E-state index contributed by atoms with van der Waals surface area (Å²) in [6.45, 7) is 6.36. The van der Waals surface area contributed by atoms with Crippen molar-refractivity contribution in [2.45, 2.75) is 45.6 Å². The van der Waals surface area contributed by atoms with E-state index in [1.165, 1.54) is 12.1 Å². The third-order valence-electron chi connectivity index (χ3n) is 3.70. The van der Waals surface area contributed by atoms with E-state index < -0.39 is 22.2 Å². The second-order valence-corrected chi connectivity index (χ2v) is 6.84. The first-order chi connectivity index (χ1) is 11.2. The molecule has 7 nitrogen and oxygen atoms in total. The van der Waals surface area contributed by atoms with Crippen LogP contribution in [-0.2, 0) is 4.74 Å². The molecule has 1 heterocycles. The smallest absolute Gasteiger partial charge is 0.345 e. The molecule has 0 saturated carbocycles. The zero-order valence-corrected chi connectivity index (χ0v) is 14.2. The molecule has 2 rings (SSSR count). The molecule has 0 aliphatic carbocycles. The van der Waals surface area contributed by atoms with Crippen molar-refractivity contribution in [2.75, 3.05) is 13.1 Å². The number of piperidine rings is 1. The normalized spacial score (nSPS) is 15.0. The topological polar surface area (TPSA) is 89.8 Å². The number of nitrogens with zero attached hydrogens (tertiary/aromatic N) is 2. The molecule has 0 aromatic heterocycles. The highest BCUT2D eigenvalue weighted by molar-refractivity contribution is 5.99. The number of carbonyl (C=O) groups excluding carboxylic acids is 2. The number of hydrogen-bond donors (Lipinski definition) is 0. The van der Waals surface area contributed by atoms with E-state index in [-0.39, 0.29) is 17.0 Å². The minimum Gasteiger partial charge on any atom is -0.456 e. The predicted octanol–water partition coefficient (Wildman–Crippen LogP) is 3.18. The van der Waals surface area contributed by atoms with Crippen LogP contribution in [0, 0.1) is 10.1 Å². The number of amides is 1. The van der Waals surface area contributed by atoms with Gasteiger partial charge in [-0.05, 0) is 52.2 Å². The van der Waals surface area contributed by atoms with Crippen molar-refractivity contribution in [3.8, 4) is 0 Å². The lowest BCUT2D eigenvalue weighted by atomic mass is 10.1. The molecule has 1 fully saturated rings. The van der Waals surface area contributed by atoms with Crippen LogP contribution in [0.1, 0.15) is 60.7 Å². The number of likely N-dealkylation sites (tertiary alicyclic amines) is 1. The molecule has 7 heteroatoms. The van der Waals surface area contributed by atoms with Gasteiger partial charge in [-0.2, -0.15) is 0 Å². The molecule has 1 aliphatic heterocycles. The van der Waals surface area contributed by atoms with Crippen LogP contribution in [0.15, 0.2) is 18.2 Å². The maximum absolute atomic E-state index is 12.5. The van der Waals surface area contributed by atoms with Crippen molar-refractivity contribution in [3.05, 3.63) is 39.4 Å². The number of carbonyl (C=O) groups is 2. The molecule has 24 heavy (non-hydrogen) atoms. The van der Waals surface area contributed by atoms with Crippen molar-refractivity contribution >= 4 is 17.6 Å². The molecule has 0 bridgehead atoms. The van der Waals surface area contributed by atoms with Crippen LogP contribution in [0.25, 0.3) is 0 Å². The number of ether oxygens (including phenoxy) is 1. The number of hydrogen-bond acceptors (Lipinski definition) is 5. The lowest BCUT2D eigenvalue weighted by Gasteiger charge is -2.26. The van der Waals surface area contributed by atoms with Gasteiger partial charge in [0.25, 0.3) is 11.6 Å². The molecule has 1 aromatic rings. The molecule has 130 valence electrons. The molecule has 0 spiro atoms. The Morgan fingerprint density at radius 2 is 1.79 bits per heavy atom. The molecule has 1 aromatic carbocycles. The van der Waals surface area contributed by atoms with Gasteiger partial charge in [0.1, 0.15) is 11.2 Å². The van der Waals surface area contributed by atoms with Crippen LogP contribution in [-0.4, -0.2) is 40.4 Å². The molecule has 0 unspecified atom stereocenters. The molecule has 1 aliphatic rings. The lowest BCUT2D eigenvalue weighted by Crippen LogP contribution is -2.35. The molecule has 0 atom stereocenters. The summed E-state index contributed by atoms with van der Waals surface area (Å²) >= 11 is 0. The molecular formula is C17H22N2O5. The summed E-state index contributed by atoms with van der Waals surface area (Å²) in [5.74, 6) is -1.01. The maximum Gasteiger partial charge on any atom is 0.345 e. The van der Waals surface area contributed by atoms with E-state index in [1.54, 1.807) is 25.7 Å². The first-order valence-electron chi connectivity index (χ1n) is 8.00. The zero-order valence-electron chi connectivity index (χ0n) is 14.2.